The van der Waals surface area contributed by atoms with Crippen LogP contribution >= 0.6 is 0 Å². The molecular weight excluding hydrogens is 318 g/mol. The predicted octanol–water partition coefficient (Wildman–Crippen LogP) is 7.13. The van der Waals surface area contributed by atoms with E-state index in [0.717, 1.165) is 11.5 Å². The van der Waals surface area contributed by atoms with Crippen molar-refractivity contribution in [1.29, 1.82) is 0 Å². The summed E-state index contributed by atoms with van der Waals surface area (Å²) < 4.78 is 5.69. The molecule has 0 saturated heterocycles. The van der Waals surface area contributed by atoms with E-state index >= 15 is 0 Å². The summed E-state index contributed by atoms with van der Waals surface area (Å²) in [5.74, 6) is 1.76. The normalized spacial score (nSPS) is 10.3. The average molecular weight is 345 g/mol. The molecule has 134 valence electrons. The standard InChI is InChI=1S/C14H14O.C10H11N.H2/c1-11-3-7-13(8-4-11)15-14-9-5-12(2)6-10-14;1-7-3-4-10-9(5-7)8(2)6-11-10;/h3-10H,1-2H3;3-6,11H,1-2H3;1H. The monoisotopic (exact) mass is 345 g/mol. The van der Waals surface area contributed by atoms with Crippen molar-refractivity contribution < 1.29 is 6.16 Å². The van der Waals surface area contributed by atoms with Gasteiger partial charge in [-0.25, -0.2) is 0 Å². The van der Waals surface area contributed by atoms with Crippen molar-refractivity contribution in [2.45, 2.75) is 27.7 Å². The number of aromatic nitrogens is 1. The molecule has 0 spiro atoms. The van der Waals surface area contributed by atoms with Crippen LogP contribution in [-0.2, 0) is 0 Å². The Morgan fingerprint density at radius 2 is 1.15 bits per heavy atom. The first-order valence-corrected chi connectivity index (χ1v) is 8.87. The smallest absolute Gasteiger partial charge is 0.127 e. The molecule has 0 aliphatic heterocycles. The van der Waals surface area contributed by atoms with Gasteiger partial charge in [0.25, 0.3) is 0 Å². The predicted molar refractivity (Wildman–Crippen MR) is 112 cm³/mol. The summed E-state index contributed by atoms with van der Waals surface area (Å²) in [6, 6.07) is 22.6. The molecule has 0 aliphatic carbocycles. The first kappa shape index (κ1) is 17.8. The molecule has 4 rings (SSSR count). The molecule has 0 atom stereocenters. The van der Waals surface area contributed by atoms with Gasteiger partial charge in [-0.15, -0.1) is 0 Å². The Balaban J connectivity index is 0.000000194. The zero-order chi connectivity index (χ0) is 18.5. The molecule has 2 nitrogen and oxygen atoms in total. The first-order valence-electron chi connectivity index (χ1n) is 8.87. The van der Waals surface area contributed by atoms with E-state index in [9.17, 15) is 0 Å². The van der Waals surface area contributed by atoms with Crippen molar-refractivity contribution in [1.82, 2.24) is 4.98 Å². The second-order valence-corrected chi connectivity index (χ2v) is 6.75. The molecule has 2 heteroatoms. The van der Waals surface area contributed by atoms with E-state index in [1.54, 1.807) is 0 Å². The fourth-order valence-corrected chi connectivity index (χ4v) is 2.72. The number of nitrogens with one attached hydrogen (secondary N) is 1. The minimum absolute atomic E-state index is 0. The van der Waals surface area contributed by atoms with Gasteiger partial charge in [-0.2, -0.15) is 0 Å². The topological polar surface area (TPSA) is 25.0 Å². The van der Waals surface area contributed by atoms with Crippen LogP contribution in [0.2, 0.25) is 0 Å². The molecular formula is C24H27NO. The summed E-state index contributed by atoms with van der Waals surface area (Å²) in [6.45, 7) is 8.37. The summed E-state index contributed by atoms with van der Waals surface area (Å²) >= 11 is 0. The van der Waals surface area contributed by atoms with Gasteiger partial charge < -0.3 is 9.72 Å². The zero-order valence-electron chi connectivity index (χ0n) is 15.8. The molecule has 0 fully saturated rings. The number of rotatable bonds is 2. The van der Waals surface area contributed by atoms with Crippen LogP contribution in [0.3, 0.4) is 0 Å². The van der Waals surface area contributed by atoms with Crippen LogP contribution in [0.25, 0.3) is 10.9 Å². The number of ether oxygens (including phenoxy) is 1. The summed E-state index contributed by atoms with van der Waals surface area (Å²) in [6.07, 6.45) is 2.05. The Morgan fingerprint density at radius 1 is 0.654 bits per heavy atom. The Bertz CT molecular complexity index is 942. The molecule has 0 saturated carbocycles. The number of benzene rings is 3. The molecule has 3 aromatic carbocycles. The minimum atomic E-state index is 0. The molecule has 0 radical (unpaired) electrons. The van der Waals surface area contributed by atoms with Crippen LogP contribution in [0.4, 0.5) is 0 Å². The van der Waals surface area contributed by atoms with Crippen molar-refractivity contribution in [3.05, 3.63) is 95.2 Å². The highest BCUT2D eigenvalue weighted by atomic mass is 16.5. The number of fused-ring (bicyclic) bond motifs is 1. The SMILES string of the molecule is Cc1ccc(Oc2ccc(C)cc2)cc1.Cc1ccc2[nH]cc(C)c2c1.[HH]. The van der Waals surface area contributed by atoms with Crippen LogP contribution in [0.1, 0.15) is 23.7 Å². The van der Waals surface area contributed by atoms with Gasteiger partial charge in [-0.05, 0) is 69.7 Å². The molecule has 1 N–H and O–H groups in total. The van der Waals surface area contributed by atoms with E-state index in [0.29, 0.717) is 0 Å². The summed E-state index contributed by atoms with van der Waals surface area (Å²) in [4.78, 5) is 3.22. The lowest BCUT2D eigenvalue weighted by Gasteiger charge is -2.05. The van der Waals surface area contributed by atoms with Crippen LogP contribution in [-0.4, -0.2) is 4.98 Å². The third kappa shape index (κ3) is 4.54. The Labute approximate surface area is 157 Å². The lowest BCUT2D eigenvalue weighted by atomic mass is 10.1. The van der Waals surface area contributed by atoms with Gasteiger partial charge in [-0.3, -0.25) is 0 Å². The highest BCUT2D eigenvalue weighted by molar-refractivity contribution is 5.83. The van der Waals surface area contributed by atoms with Gasteiger partial charge >= 0.3 is 0 Å². The second-order valence-electron chi connectivity index (χ2n) is 6.75. The summed E-state index contributed by atoms with van der Waals surface area (Å²) in [7, 11) is 0. The number of H-pyrrole nitrogens is 1. The van der Waals surface area contributed by atoms with Gasteiger partial charge in [0, 0.05) is 18.5 Å². The van der Waals surface area contributed by atoms with Crippen LogP contribution in [0.5, 0.6) is 11.5 Å². The Kier molecular flexibility index (Phi) is 5.43. The van der Waals surface area contributed by atoms with E-state index in [4.69, 9.17) is 4.74 Å². The van der Waals surface area contributed by atoms with Crippen LogP contribution in [0.15, 0.2) is 72.9 Å². The Morgan fingerprint density at radius 3 is 1.69 bits per heavy atom. The van der Waals surface area contributed by atoms with Gasteiger partial charge in [0.05, 0.1) is 0 Å². The van der Waals surface area contributed by atoms with Gasteiger partial charge in [0.15, 0.2) is 0 Å². The molecule has 4 aromatic rings. The minimum Gasteiger partial charge on any atom is -0.457 e. The molecule has 0 bridgehead atoms. The average Bonchev–Trinajstić information content (AvgIpc) is 3.00. The third-order valence-electron chi connectivity index (χ3n) is 4.32. The Hall–Kier alpha value is -3.00. The van der Waals surface area contributed by atoms with Crippen LogP contribution < -0.4 is 4.74 Å². The highest BCUT2D eigenvalue weighted by Gasteiger charge is 1.97. The van der Waals surface area contributed by atoms with Gasteiger partial charge in [-0.1, -0.05) is 47.0 Å². The third-order valence-corrected chi connectivity index (χ3v) is 4.32. The lowest BCUT2D eigenvalue weighted by molar-refractivity contribution is 0.482. The maximum Gasteiger partial charge on any atom is 0.127 e. The molecule has 0 aliphatic rings. The van der Waals surface area contributed by atoms with E-state index in [1.807, 2.05) is 54.7 Å². The maximum absolute atomic E-state index is 5.69. The van der Waals surface area contributed by atoms with E-state index < -0.39 is 0 Å². The number of aromatic amines is 1. The van der Waals surface area contributed by atoms with Crippen molar-refractivity contribution >= 4 is 10.9 Å². The van der Waals surface area contributed by atoms with Gasteiger partial charge in [0.1, 0.15) is 11.5 Å². The van der Waals surface area contributed by atoms with E-state index in [1.165, 1.54) is 33.2 Å². The molecule has 1 aromatic heterocycles. The largest absolute Gasteiger partial charge is 0.457 e. The van der Waals surface area contributed by atoms with E-state index in [2.05, 4.69) is 50.9 Å². The number of aryl methyl sites for hydroxylation is 4. The van der Waals surface area contributed by atoms with Gasteiger partial charge in [0.2, 0.25) is 0 Å². The first-order chi connectivity index (χ1) is 12.5. The summed E-state index contributed by atoms with van der Waals surface area (Å²) in [5.41, 5.74) is 6.36. The zero-order valence-corrected chi connectivity index (χ0v) is 15.8. The number of hydrogen-bond acceptors (Lipinski definition) is 1. The van der Waals surface area contributed by atoms with Crippen molar-refractivity contribution in [2.24, 2.45) is 0 Å². The lowest BCUT2D eigenvalue weighted by Crippen LogP contribution is -1.84. The quantitative estimate of drug-likeness (QED) is 0.411. The summed E-state index contributed by atoms with van der Waals surface area (Å²) in [5, 5.41) is 1.34. The molecule has 0 amide bonds. The second kappa shape index (κ2) is 7.92. The van der Waals surface area contributed by atoms with E-state index in [-0.39, 0.29) is 1.43 Å². The highest BCUT2D eigenvalue weighted by Crippen LogP contribution is 2.21. The molecule has 1 heterocycles. The van der Waals surface area contributed by atoms with Crippen molar-refractivity contribution in [3.63, 3.8) is 0 Å². The van der Waals surface area contributed by atoms with Crippen molar-refractivity contribution in [2.75, 3.05) is 0 Å². The molecule has 26 heavy (non-hydrogen) atoms. The fourth-order valence-electron chi connectivity index (χ4n) is 2.72. The van der Waals surface area contributed by atoms with Crippen LogP contribution in [0, 0.1) is 27.7 Å². The maximum atomic E-state index is 5.69. The van der Waals surface area contributed by atoms with Crippen molar-refractivity contribution in [3.8, 4) is 11.5 Å². The fraction of sp³-hybridized carbons (Fsp3) is 0.167. The molecule has 0 unspecified atom stereocenters. The number of hydrogen-bond donors (Lipinski definition) is 1.